The summed E-state index contributed by atoms with van der Waals surface area (Å²) in [5.74, 6) is 1.40. The summed E-state index contributed by atoms with van der Waals surface area (Å²) in [6.07, 6.45) is 1.58. The monoisotopic (exact) mass is 229 g/mol. The van der Waals surface area contributed by atoms with Crippen LogP contribution in [0.1, 0.15) is 11.3 Å². The van der Waals surface area contributed by atoms with Crippen LogP contribution in [0.15, 0.2) is 35.0 Å². The van der Waals surface area contributed by atoms with Crippen LogP contribution < -0.4 is 10.1 Å². The lowest BCUT2D eigenvalue weighted by Crippen LogP contribution is -2.00. The van der Waals surface area contributed by atoms with Crippen molar-refractivity contribution in [2.45, 2.75) is 6.54 Å². The molecule has 0 radical (unpaired) electrons. The third kappa shape index (κ3) is 2.55. The van der Waals surface area contributed by atoms with Gasteiger partial charge in [0.05, 0.1) is 31.1 Å². The van der Waals surface area contributed by atoms with E-state index in [0.717, 1.165) is 0 Å². The number of nitriles is 1. The third-order valence-electron chi connectivity index (χ3n) is 2.29. The zero-order chi connectivity index (χ0) is 12.1. The van der Waals surface area contributed by atoms with Gasteiger partial charge in [-0.05, 0) is 12.1 Å². The Morgan fingerprint density at radius 1 is 1.47 bits per heavy atom. The molecule has 0 unspecified atom stereocenters. The first-order valence-corrected chi connectivity index (χ1v) is 5.05. The highest BCUT2D eigenvalue weighted by atomic mass is 16.5. The van der Waals surface area contributed by atoms with E-state index in [1.807, 2.05) is 0 Å². The zero-order valence-corrected chi connectivity index (χ0v) is 9.30. The molecule has 1 heterocycles. The summed E-state index contributed by atoms with van der Waals surface area (Å²) in [5.41, 5.74) is 1.27. The Hall–Kier alpha value is -2.48. The first kappa shape index (κ1) is 11.0. The van der Waals surface area contributed by atoms with Crippen LogP contribution in [0.5, 0.6) is 5.75 Å². The predicted molar refractivity (Wildman–Crippen MR) is 61.5 cm³/mol. The van der Waals surface area contributed by atoms with Crippen molar-refractivity contribution < 1.29 is 9.26 Å². The van der Waals surface area contributed by atoms with Gasteiger partial charge in [-0.15, -0.1) is 0 Å². The summed E-state index contributed by atoms with van der Waals surface area (Å²) < 4.78 is 10.1. The second-order valence-electron chi connectivity index (χ2n) is 3.36. The van der Waals surface area contributed by atoms with Crippen molar-refractivity contribution in [3.8, 4) is 11.8 Å². The number of aromatic nitrogens is 1. The highest BCUT2D eigenvalue weighted by molar-refractivity contribution is 5.60. The number of anilines is 1. The van der Waals surface area contributed by atoms with Crippen LogP contribution in [0.4, 0.5) is 5.69 Å². The van der Waals surface area contributed by atoms with Crippen molar-refractivity contribution in [3.05, 3.63) is 41.8 Å². The second kappa shape index (κ2) is 5.03. The predicted octanol–water partition coefficient (Wildman–Crippen LogP) is 2.17. The third-order valence-corrected chi connectivity index (χ3v) is 2.29. The largest absolute Gasteiger partial charge is 0.497 e. The normalized spacial score (nSPS) is 9.65. The van der Waals surface area contributed by atoms with E-state index in [9.17, 15) is 0 Å². The number of hydrogen-bond acceptors (Lipinski definition) is 5. The van der Waals surface area contributed by atoms with Gasteiger partial charge in [0.2, 0.25) is 0 Å². The molecule has 1 aromatic carbocycles. The van der Waals surface area contributed by atoms with Crippen LogP contribution in [0, 0.1) is 11.3 Å². The number of rotatable bonds is 4. The van der Waals surface area contributed by atoms with Gasteiger partial charge < -0.3 is 14.6 Å². The molecule has 0 aliphatic carbocycles. The summed E-state index contributed by atoms with van der Waals surface area (Å²) in [7, 11) is 1.58. The van der Waals surface area contributed by atoms with E-state index in [1.165, 1.54) is 0 Å². The lowest BCUT2D eigenvalue weighted by Gasteiger charge is -2.08. The molecule has 0 amide bonds. The minimum Gasteiger partial charge on any atom is -0.497 e. The SMILES string of the molecule is COc1ccc(C#N)c(NCc2ccno2)c1. The van der Waals surface area contributed by atoms with Gasteiger partial charge in [0.15, 0.2) is 5.76 Å². The van der Waals surface area contributed by atoms with E-state index in [4.69, 9.17) is 14.5 Å². The number of ether oxygens (including phenoxy) is 1. The Morgan fingerprint density at radius 2 is 2.35 bits per heavy atom. The maximum Gasteiger partial charge on any atom is 0.155 e. The summed E-state index contributed by atoms with van der Waals surface area (Å²) in [6, 6.07) is 9.11. The van der Waals surface area contributed by atoms with Crippen molar-refractivity contribution in [1.82, 2.24) is 5.16 Å². The average molecular weight is 229 g/mol. The first-order valence-electron chi connectivity index (χ1n) is 5.05. The molecule has 0 spiro atoms. The van der Waals surface area contributed by atoms with Crippen molar-refractivity contribution in [3.63, 3.8) is 0 Å². The summed E-state index contributed by atoms with van der Waals surface area (Å²) >= 11 is 0. The quantitative estimate of drug-likeness (QED) is 0.869. The number of nitrogens with one attached hydrogen (secondary N) is 1. The molecule has 0 fully saturated rings. The van der Waals surface area contributed by atoms with Gasteiger partial charge in [0.25, 0.3) is 0 Å². The number of nitrogens with zero attached hydrogens (tertiary/aromatic N) is 2. The lowest BCUT2D eigenvalue weighted by molar-refractivity contribution is 0.388. The Bertz CT molecular complexity index is 529. The Balaban J connectivity index is 2.16. The second-order valence-corrected chi connectivity index (χ2v) is 3.36. The fourth-order valence-electron chi connectivity index (χ4n) is 1.41. The molecule has 0 saturated carbocycles. The topological polar surface area (TPSA) is 71.1 Å². The van der Waals surface area contributed by atoms with Gasteiger partial charge in [0.1, 0.15) is 11.8 Å². The van der Waals surface area contributed by atoms with E-state index < -0.39 is 0 Å². The van der Waals surface area contributed by atoms with E-state index in [0.29, 0.717) is 29.3 Å². The van der Waals surface area contributed by atoms with Gasteiger partial charge in [-0.1, -0.05) is 5.16 Å². The van der Waals surface area contributed by atoms with Crippen LogP contribution >= 0.6 is 0 Å². The minimum atomic E-state index is 0.474. The molecule has 0 atom stereocenters. The van der Waals surface area contributed by atoms with Gasteiger partial charge in [-0.2, -0.15) is 5.26 Å². The molecule has 5 heteroatoms. The Kier molecular flexibility index (Phi) is 3.26. The molecule has 0 aliphatic heterocycles. The van der Waals surface area contributed by atoms with Crippen LogP contribution in [-0.4, -0.2) is 12.3 Å². The highest BCUT2D eigenvalue weighted by Gasteiger charge is 2.04. The molecule has 17 heavy (non-hydrogen) atoms. The van der Waals surface area contributed by atoms with Gasteiger partial charge in [0, 0.05) is 12.1 Å². The standard InChI is InChI=1S/C12H11N3O2/c1-16-10-3-2-9(7-13)12(6-10)14-8-11-4-5-15-17-11/h2-6,14H,8H2,1H3. The molecular weight excluding hydrogens is 218 g/mol. The van der Waals surface area contributed by atoms with Crippen LogP contribution in [0.3, 0.4) is 0 Å². The molecule has 1 aromatic heterocycles. The van der Waals surface area contributed by atoms with Crippen LogP contribution in [-0.2, 0) is 6.54 Å². The molecule has 2 rings (SSSR count). The Labute approximate surface area is 98.6 Å². The van der Waals surface area contributed by atoms with E-state index in [1.54, 1.807) is 37.6 Å². The van der Waals surface area contributed by atoms with Crippen molar-refractivity contribution in [2.24, 2.45) is 0 Å². The van der Waals surface area contributed by atoms with E-state index >= 15 is 0 Å². The molecule has 1 N–H and O–H groups in total. The summed E-state index contributed by atoms with van der Waals surface area (Å²) in [4.78, 5) is 0. The molecule has 0 bridgehead atoms. The van der Waals surface area contributed by atoms with Crippen molar-refractivity contribution in [1.29, 1.82) is 5.26 Å². The van der Waals surface area contributed by atoms with Crippen molar-refractivity contribution >= 4 is 5.69 Å². The maximum absolute atomic E-state index is 8.97. The highest BCUT2D eigenvalue weighted by Crippen LogP contribution is 2.22. The fourth-order valence-corrected chi connectivity index (χ4v) is 1.41. The maximum atomic E-state index is 8.97. The smallest absolute Gasteiger partial charge is 0.155 e. The zero-order valence-electron chi connectivity index (χ0n) is 9.30. The summed E-state index contributed by atoms with van der Waals surface area (Å²) in [5, 5.41) is 15.7. The average Bonchev–Trinajstić information content (AvgIpc) is 2.89. The van der Waals surface area contributed by atoms with E-state index in [2.05, 4.69) is 16.5 Å². The lowest BCUT2D eigenvalue weighted by atomic mass is 10.2. The molecule has 2 aromatic rings. The van der Waals surface area contributed by atoms with Crippen LogP contribution in [0.25, 0.3) is 0 Å². The number of methoxy groups -OCH3 is 1. The van der Waals surface area contributed by atoms with Crippen molar-refractivity contribution in [2.75, 3.05) is 12.4 Å². The molecule has 5 nitrogen and oxygen atoms in total. The number of hydrogen-bond donors (Lipinski definition) is 1. The molecular formula is C12H11N3O2. The molecule has 0 aliphatic rings. The van der Waals surface area contributed by atoms with Crippen LogP contribution in [0.2, 0.25) is 0 Å². The van der Waals surface area contributed by atoms with Gasteiger partial charge in [-0.25, -0.2) is 0 Å². The first-order chi connectivity index (χ1) is 8.33. The molecule has 86 valence electrons. The minimum absolute atomic E-state index is 0.474. The molecule has 0 saturated heterocycles. The number of benzene rings is 1. The van der Waals surface area contributed by atoms with Gasteiger partial charge >= 0.3 is 0 Å². The Morgan fingerprint density at radius 3 is 3.00 bits per heavy atom. The summed E-state index contributed by atoms with van der Waals surface area (Å²) in [6.45, 7) is 0.474. The van der Waals surface area contributed by atoms with Gasteiger partial charge in [-0.3, -0.25) is 0 Å². The van der Waals surface area contributed by atoms with E-state index in [-0.39, 0.29) is 0 Å². The fraction of sp³-hybridized carbons (Fsp3) is 0.167.